The van der Waals surface area contributed by atoms with Gasteiger partial charge in [-0.1, -0.05) is 18.2 Å². The molecule has 0 saturated carbocycles. The smallest absolute Gasteiger partial charge is 0.270 e. The van der Waals surface area contributed by atoms with Crippen LogP contribution in [0.2, 0.25) is 0 Å². The Morgan fingerprint density at radius 2 is 1.84 bits per heavy atom. The highest BCUT2D eigenvalue weighted by molar-refractivity contribution is 7.92. The van der Waals surface area contributed by atoms with Crippen molar-refractivity contribution in [3.63, 3.8) is 0 Å². The molecule has 1 atom stereocenters. The molecule has 0 radical (unpaired) electrons. The molecule has 0 aliphatic carbocycles. The van der Waals surface area contributed by atoms with Gasteiger partial charge in [0.2, 0.25) is 10.0 Å². The maximum Gasteiger partial charge on any atom is 0.270 e. The number of H-pyrrole nitrogens is 1. The summed E-state index contributed by atoms with van der Waals surface area (Å²) in [4.78, 5) is 31.3. The van der Waals surface area contributed by atoms with Crippen LogP contribution in [0.4, 0.5) is 14.5 Å². The first-order valence-corrected chi connectivity index (χ1v) is 15.5. The van der Waals surface area contributed by atoms with Gasteiger partial charge in [0.25, 0.3) is 11.8 Å². The second-order valence-corrected chi connectivity index (χ2v) is 12.5. The number of halogens is 2. The van der Waals surface area contributed by atoms with Crippen LogP contribution < -0.4 is 9.62 Å². The minimum absolute atomic E-state index is 0.0464. The zero-order valence-corrected chi connectivity index (χ0v) is 24.8. The third-order valence-electron chi connectivity index (χ3n) is 7.77. The van der Waals surface area contributed by atoms with E-state index in [2.05, 4.69) is 10.3 Å². The number of benzene rings is 3. The van der Waals surface area contributed by atoms with Crippen molar-refractivity contribution >= 4 is 49.4 Å². The van der Waals surface area contributed by atoms with E-state index < -0.39 is 33.7 Å². The molecule has 1 fully saturated rings. The number of hydrogen-bond donors (Lipinski definition) is 2. The van der Waals surface area contributed by atoms with Crippen LogP contribution in [-0.2, 0) is 14.8 Å². The zero-order valence-electron chi connectivity index (χ0n) is 24.0. The number of carbonyl (C=O) groups excluding carboxylic acids is 2. The zero-order chi connectivity index (χ0) is 31.3. The summed E-state index contributed by atoms with van der Waals surface area (Å²) in [5, 5.41) is 3.35. The molecular weight excluding hydrogens is 594 g/mol. The highest BCUT2D eigenvalue weighted by atomic mass is 32.2. The van der Waals surface area contributed by atoms with Gasteiger partial charge in [0.15, 0.2) is 0 Å². The van der Waals surface area contributed by atoms with Gasteiger partial charge in [-0.3, -0.25) is 13.9 Å². The molecule has 5 aromatic rings. The molecule has 2 N–H and O–H groups in total. The third-order valence-corrected chi connectivity index (χ3v) is 8.95. The number of hydrogen-bond acceptors (Lipinski definition) is 6. The molecule has 1 aliphatic rings. The largest absolute Gasteiger partial charge is 0.455 e. The molecule has 0 bridgehead atoms. The van der Waals surface area contributed by atoms with E-state index in [0.29, 0.717) is 16.5 Å². The lowest BCUT2D eigenvalue weighted by Gasteiger charge is -2.35. The third kappa shape index (κ3) is 5.07. The van der Waals surface area contributed by atoms with Crippen molar-refractivity contribution < 1.29 is 35.9 Å². The first-order valence-electron chi connectivity index (χ1n) is 13.7. The van der Waals surface area contributed by atoms with Gasteiger partial charge in [-0.15, -0.1) is 0 Å². The number of ether oxygens (including phenoxy) is 1. The molecule has 228 valence electrons. The van der Waals surface area contributed by atoms with E-state index in [1.165, 1.54) is 44.4 Å². The minimum atomic E-state index is -3.88. The molecule has 1 unspecified atom stereocenters. The second-order valence-electron chi connectivity index (χ2n) is 10.5. The Hall–Kier alpha value is -4.75. The summed E-state index contributed by atoms with van der Waals surface area (Å²) in [5.74, 6) is -1.74. The molecule has 1 saturated heterocycles. The Balaban J connectivity index is 1.48. The summed E-state index contributed by atoms with van der Waals surface area (Å²) in [6.07, 6.45) is 0.238. The molecule has 3 heterocycles. The van der Waals surface area contributed by atoms with Gasteiger partial charge in [0.1, 0.15) is 34.8 Å². The fourth-order valence-corrected chi connectivity index (χ4v) is 6.06. The molecule has 13 heteroatoms. The van der Waals surface area contributed by atoms with Crippen LogP contribution in [0.5, 0.6) is 0 Å². The molecule has 1 aliphatic heterocycles. The van der Waals surface area contributed by atoms with Gasteiger partial charge in [-0.25, -0.2) is 17.2 Å². The molecule has 10 nitrogen and oxygen atoms in total. The number of nitrogens with one attached hydrogen (secondary N) is 2. The van der Waals surface area contributed by atoms with Gasteiger partial charge in [0, 0.05) is 37.2 Å². The van der Waals surface area contributed by atoms with Crippen molar-refractivity contribution in [3.8, 4) is 11.3 Å². The molecular formula is C31H28F2N4O6S. The van der Waals surface area contributed by atoms with Crippen molar-refractivity contribution in [1.82, 2.24) is 15.2 Å². The van der Waals surface area contributed by atoms with Crippen LogP contribution in [0, 0.1) is 11.6 Å². The standard InChI is InChI=1S/C31H28F2N4O6S/c1-34-30(38)26-25-23(43-29(26)17-7-9-19(32)10-8-17)12-11-20(28(25)36(2)44(3,40)41)24-16-37(13-14-42-24)31(39)22-15-18-5-4-6-21(33)27(18)35-22/h4-12,15,24,35H,13-14,16H2,1-3H3,(H,34,38). The number of anilines is 1. The number of furan rings is 1. The SMILES string of the molecule is CNC(=O)c1c(-c2ccc(F)cc2)oc2ccc(C3CN(C(=O)c4cc5cccc(F)c5[nH]4)CCO3)c(N(C)S(C)(=O)=O)c12. The maximum absolute atomic E-state index is 14.3. The number of fused-ring (bicyclic) bond motifs is 2. The molecule has 2 aromatic heterocycles. The van der Waals surface area contributed by atoms with E-state index in [0.717, 1.165) is 10.6 Å². The van der Waals surface area contributed by atoms with E-state index >= 15 is 0 Å². The summed E-state index contributed by atoms with van der Waals surface area (Å²) in [5.41, 5.74) is 1.68. The fraction of sp³-hybridized carbons (Fsp3) is 0.226. The average molecular weight is 623 g/mol. The highest BCUT2D eigenvalue weighted by Gasteiger charge is 2.34. The van der Waals surface area contributed by atoms with Crippen LogP contribution >= 0.6 is 0 Å². The van der Waals surface area contributed by atoms with Gasteiger partial charge < -0.3 is 24.4 Å². The van der Waals surface area contributed by atoms with Crippen molar-refractivity contribution in [1.29, 1.82) is 0 Å². The number of carbonyl (C=O) groups is 2. The summed E-state index contributed by atoms with van der Waals surface area (Å²) in [6, 6.07) is 14.8. The number of rotatable bonds is 6. The molecule has 3 aromatic carbocycles. The summed E-state index contributed by atoms with van der Waals surface area (Å²) < 4.78 is 67.2. The Morgan fingerprint density at radius 1 is 1.09 bits per heavy atom. The van der Waals surface area contributed by atoms with E-state index in [9.17, 15) is 26.8 Å². The molecule has 2 amide bonds. The predicted octanol–water partition coefficient (Wildman–Crippen LogP) is 4.83. The number of aromatic amines is 1. The quantitative estimate of drug-likeness (QED) is 0.280. The van der Waals surface area contributed by atoms with Gasteiger partial charge in [-0.2, -0.15) is 0 Å². The number of morpholine rings is 1. The first kappa shape index (κ1) is 29.3. The van der Waals surface area contributed by atoms with Gasteiger partial charge >= 0.3 is 0 Å². The molecule has 6 rings (SSSR count). The van der Waals surface area contributed by atoms with E-state index in [-0.39, 0.29) is 64.8 Å². The monoisotopic (exact) mass is 622 g/mol. The second kappa shape index (κ2) is 11.1. The number of aromatic nitrogens is 1. The van der Waals surface area contributed by atoms with Crippen LogP contribution in [-0.4, -0.2) is 70.2 Å². The van der Waals surface area contributed by atoms with Crippen molar-refractivity contribution in [2.24, 2.45) is 0 Å². The Morgan fingerprint density at radius 3 is 2.52 bits per heavy atom. The number of para-hydroxylation sites is 1. The van der Waals surface area contributed by atoms with Gasteiger partial charge in [0.05, 0.1) is 41.6 Å². The Bertz CT molecular complexity index is 2040. The lowest BCUT2D eigenvalue weighted by molar-refractivity contribution is -0.0226. The van der Waals surface area contributed by atoms with Gasteiger partial charge in [-0.05, 0) is 42.5 Å². The van der Waals surface area contributed by atoms with Crippen molar-refractivity contribution in [3.05, 3.63) is 89.1 Å². The van der Waals surface area contributed by atoms with Crippen LogP contribution in [0.25, 0.3) is 33.2 Å². The maximum atomic E-state index is 14.3. The van der Waals surface area contributed by atoms with Crippen LogP contribution in [0.1, 0.15) is 32.5 Å². The number of nitrogens with zero attached hydrogens (tertiary/aromatic N) is 2. The summed E-state index contributed by atoms with van der Waals surface area (Å²) in [7, 11) is -1.09. The van der Waals surface area contributed by atoms with E-state index in [1.807, 2.05) is 0 Å². The Labute approximate surface area is 251 Å². The van der Waals surface area contributed by atoms with E-state index in [1.54, 1.807) is 35.2 Å². The fourth-order valence-electron chi connectivity index (χ4n) is 5.53. The Kier molecular flexibility index (Phi) is 7.38. The minimum Gasteiger partial charge on any atom is -0.455 e. The van der Waals surface area contributed by atoms with Crippen LogP contribution in [0.3, 0.4) is 0 Å². The average Bonchev–Trinajstić information content (AvgIpc) is 3.63. The molecule has 0 spiro atoms. The lowest BCUT2D eigenvalue weighted by atomic mass is 9.98. The lowest BCUT2D eigenvalue weighted by Crippen LogP contribution is -2.42. The predicted molar refractivity (Wildman–Crippen MR) is 161 cm³/mol. The van der Waals surface area contributed by atoms with Crippen LogP contribution in [0.15, 0.2) is 65.1 Å². The highest BCUT2D eigenvalue weighted by Crippen LogP contribution is 2.44. The topological polar surface area (TPSA) is 125 Å². The van der Waals surface area contributed by atoms with E-state index in [4.69, 9.17) is 9.15 Å². The first-order chi connectivity index (χ1) is 21.0. The van der Waals surface area contributed by atoms with Crippen molar-refractivity contribution in [2.45, 2.75) is 6.10 Å². The van der Waals surface area contributed by atoms with Crippen molar-refractivity contribution in [2.75, 3.05) is 44.4 Å². The number of amides is 2. The summed E-state index contributed by atoms with van der Waals surface area (Å²) in [6.45, 7) is 0.431. The normalized spacial score (nSPS) is 15.6. The summed E-state index contributed by atoms with van der Waals surface area (Å²) >= 11 is 0. The number of sulfonamides is 1. The molecule has 44 heavy (non-hydrogen) atoms.